The van der Waals surface area contributed by atoms with Gasteiger partial charge >= 0.3 is 0 Å². The number of halogens is 1. The molecule has 1 heterocycles. The van der Waals surface area contributed by atoms with Gasteiger partial charge in [-0.2, -0.15) is 0 Å². The molecule has 1 aromatic heterocycles. The molecule has 1 amide bonds. The van der Waals surface area contributed by atoms with Gasteiger partial charge in [0.2, 0.25) is 11.0 Å². The number of nitrogens with two attached hydrogens (primary N) is 1. The van der Waals surface area contributed by atoms with Gasteiger partial charge in [-0.3, -0.25) is 10.1 Å². The second kappa shape index (κ2) is 6.78. The van der Waals surface area contributed by atoms with Crippen molar-refractivity contribution in [1.29, 1.82) is 0 Å². The Labute approximate surface area is 126 Å². The van der Waals surface area contributed by atoms with Gasteiger partial charge in [-0.15, -0.1) is 10.2 Å². The van der Waals surface area contributed by atoms with Crippen LogP contribution in [0.5, 0.6) is 0 Å². The van der Waals surface area contributed by atoms with Crippen LogP contribution in [0.15, 0.2) is 24.3 Å². The van der Waals surface area contributed by atoms with Crippen LogP contribution in [-0.2, 0) is 4.79 Å². The van der Waals surface area contributed by atoms with Crippen LogP contribution in [0, 0.1) is 0 Å². The molecule has 1 aromatic carbocycles. The number of anilines is 1. The molecule has 2 rings (SSSR count). The van der Waals surface area contributed by atoms with E-state index < -0.39 is 6.04 Å². The van der Waals surface area contributed by atoms with Crippen molar-refractivity contribution in [2.24, 2.45) is 5.73 Å². The smallest absolute Gasteiger partial charge is 0.243 e. The number of benzene rings is 1. The predicted molar refractivity (Wildman–Crippen MR) is 81.9 cm³/mol. The lowest BCUT2D eigenvalue weighted by atomic mass is 10.2. The van der Waals surface area contributed by atoms with E-state index in [0.717, 1.165) is 12.0 Å². The summed E-state index contributed by atoms with van der Waals surface area (Å²) >= 11 is 7.37. The molecule has 20 heavy (non-hydrogen) atoms. The molecular weight excluding hydrogens is 296 g/mol. The third kappa shape index (κ3) is 3.53. The van der Waals surface area contributed by atoms with Crippen LogP contribution in [0.25, 0.3) is 10.6 Å². The summed E-state index contributed by atoms with van der Waals surface area (Å²) in [6, 6.07) is 6.84. The van der Waals surface area contributed by atoms with Crippen molar-refractivity contribution < 1.29 is 4.79 Å². The molecule has 2 aromatic rings. The van der Waals surface area contributed by atoms with Crippen LogP contribution in [0.3, 0.4) is 0 Å². The van der Waals surface area contributed by atoms with Crippen molar-refractivity contribution in [3.8, 4) is 10.6 Å². The minimum atomic E-state index is -0.521. The summed E-state index contributed by atoms with van der Waals surface area (Å²) < 4.78 is 0. The van der Waals surface area contributed by atoms with E-state index in [1.807, 2.05) is 25.1 Å². The molecule has 1 atom stereocenters. The topological polar surface area (TPSA) is 80.9 Å². The molecule has 7 heteroatoms. The van der Waals surface area contributed by atoms with Crippen LogP contribution in [0.2, 0.25) is 5.02 Å². The van der Waals surface area contributed by atoms with Gasteiger partial charge in [0.15, 0.2) is 5.01 Å². The SMILES string of the molecule is CCCC(N)C(=O)Nc1nnc(-c2ccccc2Cl)s1. The monoisotopic (exact) mass is 310 g/mol. The van der Waals surface area contributed by atoms with Crippen molar-refractivity contribution in [1.82, 2.24) is 10.2 Å². The maximum atomic E-state index is 11.8. The third-order valence-corrected chi connectivity index (χ3v) is 3.90. The first kappa shape index (κ1) is 14.9. The lowest BCUT2D eigenvalue weighted by molar-refractivity contribution is -0.117. The Morgan fingerprint density at radius 3 is 2.90 bits per heavy atom. The second-order valence-electron chi connectivity index (χ2n) is 4.28. The molecule has 0 saturated heterocycles. The molecule has 0 radical (unpaired) electrons. The fourth-order valence-electron chi connectivity index (χ4n) is 1.66. The predicted octanol–water partition coefficient (Wildman–Crippen LogP) is 2.92. The first-order valence-corrected chi connectivity index (χ1v) is 7.46. The lowest BCUT2D eigenvalue weighted by Crippen LogP contribution is -2.35. The van der Waals surface area contributed by atoms with Gasteiger partial charge in [0.05, 0.1) is 11.1 Å². The zero-order chi connectivity index (χ0) is 14.5. The summed E-state index contributed by atoms with van der Waals surface area (Å²) in [6.07, 6.45) is 1.50. The fraction of sp³-hybridized carbons (Fsp3) is 0.308. The molecule has 0 saturated carbocycles. The van der Waals surface area contributed by atoms with Crippen molar-refractivity contribution in [2.45, 2.75) is 25.8 Å². The van der Waals surface area contributed by atoms with Gasteiger partial charge in [-0.05, 0) is 12.5 Å². The highest BCUT2D eigenvalue weighted by Gasteiger charge is 2.15. The van der Waals surface area contributed by atoms with Crippen molar-refractivity contribution in [2.75, 3.05) is 5.32 Å². The molecular formula is C13H15ClN4OS. The lowest BCUT2D eigenvalue weighted by Gasteiger charge is -2.08. The number of nitrogens with one attached hydrogen (secondary N) is 1. The van der Waals surface area contributed by atoms with E-state index in [2.05, 4.69) is 15.5 Å². The summed E-state index contributed by atoms with van der Waals surface area (Å²) in [4.78, 5) is 11.8. The number of amides is 1. The summed E-state index contributed by atoms with van der Waals surface area (Å²) in [5.74, 6) is -0.242. The van der Waals surface area contributed by atoms with Crippen LogP contribution < -0.4 is 11.1 Å². The third-order valence-electron chi connectivity index (χ3n) is 2.70. The second-order valence-corrected chi connectivity index (χ2v) is 5.66. The summed E-state index contributed by atoms with van der Waals surface area (Å²) in [7, 11) is 0. The Kier molecular flexibility index (Phi) is 5.05. The Hall–Kier alpha value is -1.50. The molecule has 3 N–H and O–H groups in total. The number of nitrogens with zero attached hydrogens (tertiary/aromatic N) is 2. The maximum absolute atomic E-state index is 11.8. The highest BCUT2D eigenvalue weighted by molar-refractivity contribution is 7.18. The van der Waals surface area contributed by atoms with E-state index in [9.17, 15) is 4.79 Å². The Morgan fingerprint density at radius 2 is 2.20 bits per heavy atom. The number of carbonyl (C=O) groups excluding carboxylic acids is 1. The Balaban J connectivity index is 2.10. The molecule has 106 valence electrons. The molecule has 0 aliphatic carbocycles. The van der Waals surface area contributed by atoms with Crippen molar-refractivity contribution in [3.05, 3.63) is 29.3 Å². The number of hydrogen-bond acceptors (Lipinski definition) is 5. The minimum absolute atomic E-state index is 0.242. The first-order valence-electron chi connectivity index (χ1n) is 6.26. The first-order chi connectivity index (χ1) is 9.61. The molecule has 5 nitrogen and oxygen atoms in total. The average Bonchev–Trinajstić information content (AvgIpc) is 2.87. The zero-order valence-corrected chi connectivity index (χ0v) is 12.5. The van der Waals surface area contributed by atoms with E-state index in [-0.39, 0.29) is 5.91 Å². The van der Waals surface area contributed by atoms with Crippen LogP contribution in [0.4, 0.5) is 5.13 Å². The zero-order valence-electron chi connectivity index (χ0n) is 11.0. The van der Waals surface area contributed by atoms with Gasteiger partial charge < -0.3 is 5.73 Å². The number of rotatable bonds is 5. The van der Waals surface area contributed by atoms with Crippen LogP contribution >= 0.6 is 22.9 Å². The van der Waals surface area contributed by atoms with Gasteiger partial charge in [-0.1, -0.05) is 54.5 Å². The van der Waals surface area contributed by atoms with Gasteiger partial charge in [0.25, 0.3) is 0 Å². The summed E-state index contributed by atoms with van der Waals surface area (Å²) in [6.45, 7) is 1.98. The Bertz CT molecular complexity index is 602. The van der Waals surface area contributed by atoms with Crippen molar-refractivity contribution in [3.63, 3.8) is 0 Å². The molecule has 0 spiro atoms. The summed E-state index contributed by atoms with van der Waals surface area (Å²) in [5.41, 5.74) is 6.54. The van der Waals surface area contributed by atoms with Crippen molar-refractivity contribution >= 4 is 34.0 Å². The fourth-order valence-corrected chi connectivity index (χ4v) is 2.72. The van der Waals surface area contributed by atoms with E-state index in [1.54, 1.807) is 6.07 Å². The maximum Gasteiger partial charge on any atom is 0.243 e. The largest absolute Gasteiger partial charge is 0.320 e. The highest BCUT2D eigenvalue weighted by atomic mass is 35.5. The van der Waals surface area contributed by atoms with Gasteiger partial charge in [0.1, 0.15) is 0 Å². The molecule has 1 unspecified atom stereocenters. The standard InChI is InChI=1S/C13H15ClN4OS/c1-2-5-10(15)11(19)16-13-18-17-12(20-13)8-6-3-4-7-9(8)14/h3-4,6-7,10H,2,5,15H2,1H3,(H,16,18,19). The normalized spacial score (nSPS) is 12.2. The van der Waals surface area contributed by atoms with Crippen LogP contribution in [0.1, 0.15) is 19.8 Å². The quantitative estimate of drug-likeness (QED) is 0.889. The van der Waals surface area contributed by atoms with E-state index >= 15 is 0 Å². The minimum Gasteiger partial charge on any atom is -0.320 e. The van der Waals surface area contributed by atoms with Gasteiger partial charge in [0, 0.05) is 5.56 Å². The van der Waals surface area contributed by atoms with E-state index in [1.165, 1.54) is 11.3 Å². The highest BCUT2D eigenvalue weighted by Crippen LogP contribution is 2.31. The molecule has 0 aliphatic heterocycles. The molecule has 0 bridgehead atoms. The summed E-state index contributed by atoms with van der Waals surface area (Å²) in [5, 5.41) is 12.3. The number of carbonyl (C=O) groups is 1. The number of aromatic nitrogens is 2. The molecule has 0 fully saturated rings. The van der Waals surface area contributed by atoms with E-state index in [0.29, 0.717) is 21.6 Å². The van der Waals surface area contributed by atoms with E-state index in [4.69, 9.17) is 17.3 Å². The average molecular weight is 311 g/mol. The van der Waals surface area contributed by atoms with Crippen LogP contribution in [-0.4, -0.2) is 22.1 Å². The van der Waals surface area contributed by atoms with Gasteiger partial charge in [-0.25, -0.2) is 0 Å². The number of hydrogen-bond donors (Lipinski definition) is 2. The Morgan fingerprint density at radius 1 is 1.45 bits per heavy atom. The molecule has 0 aliphatic rings.